The number of benzene rings is 3. The number of fused-ring (bicyclic) bond motifs is 1. The number of ether oxygens (including phenoxy) is 2. The van der Waals surface area contributed by atoms with Gasteiger partial charge in [-0.05, 0) is 43.4 Å². The van der Waals surface area contributed by atoms with Gasteiger partial charge < -0.3 is 14.8 Å². The molecule has 0 aliphatic carbocycles. The Kier molecular flexibility index (Phi) is 6.53. The van der Waals surface area contributed by atoms with Crippen LogP contribution >= 0.6 is 0 Å². The van der Waals surface area contributed by atoms with Crippen LogP contribution in [0.2, 0.25) is 0 Å². The van der Waals surface area contributed by atoms with Gasteiger partial charge in [0.25, 0.3) is 5.91 Å². The third-order valence-corrected chi connectivity index (χ3v) is 4.67. The van der Waals surface area contributed by atoms with Gasteiger partial charge >= 0.3 is 0 Å². The molecule has 28 heavy (non-hydrogen) atoms. The summed E-state index contributed by atoms with van der Waals surface area (Å²) >= 11 is 0. The molecule has 0 fully saturated rings. The summed E-state index contributed by atoms with van der Waals surface area (Å²) in [7, 11) is 0. The SMILES string of the molecule is CC[C@H](Oc1cccc2ccccc12)C(=O)NCCOc1ccc(C)cc1C. The number of carbonyl (C=O) groups is 1. The molecule has 3 rings (SSSR count). The Morgan fingerprint density at radius 3 is 2.57 bits per heavy atom. The van der Waals surface area contributed by atoms with Gasteiger partial charge in [-0.3, -0.25) is 4.79 Å². The fourth-order valence-electron chi connectivity index (χ4n) is 3.18. The first-order valence-corrected chi connectivity index (χ1v) is 9.70. The zero-order valence-corrected chi connectivity index (χ0v) is 16.7. The molecule has 0 heterocycles. The number of hydrogen-bond donors (Lipinski definition) is 1. The molecule has 0 unspecified atom stereocenters. The van der Waals surface area contributed by atoms with E-state index < -0.39 is 6.10 Å². The first kappa shape index (κ1) is 19.7. The van der Waals surface area contributed by atoms with E-state index in [0.29, 0.717) is 19.6 Å². The van der Waals surface area contributed by atoms with Crippen molar-refractivity contribution >= 4 is 16.7 Å². The van der Waals surface area contributed by atoms with Crippen molar-refractivity contribution in [3.8, 4) is 11.5 Å². The average molecular weight is 377 g/mol. The van der Waals surface area contributed by atoms with Gasteiger partial charge in [0.05, 0.1) is 6.54 Å². The lowest BCUT2D eigenvalue weighted by molar-refractivity contribution is -0.128. The number of amides is 1. The van der Waals surface area contributed by atoms with Crippen molar-refractivity contribution in [1.82, 2.24) is 5.32 Å². The predicted octanol–water partition coefficient (Wildman–Crippen LogP) is 4.81. The summed E-state index contributed by atoms with van der Waals surface area (Å²) in [5.41, 5.74) is 2.30. The molecule has 1 atom stereocenters. The summed E-state index contributed by atoms with van der Waals surface area (Å²) in [5.74, 6) is 1.45. The maximum atomic E-state index is 12.5. The van der Waals surface area contributed by atoms with Crippen LogP contribution in [0.4, 0.5) is 0 Å². The Morgan fingerprint density at radius 2 is 1.79 bits per heavy atom. The van der Waals surface area contributed by atoms with Crippen molar-refractivity contribution < 1.29 is 14.3 Å². The largest absolute Gasteiger partial charge is 0.491 e. The highest BCUT2D eigenvalue weighted by Gasteiger charge is 2.19. The zero-order chi connectivity index (χ0) is 19.9. The number of hydrogen-bond acceptors (Lipinski definition) is 3. The average Bonchev–Trinajstić information content (AvgIpc) is 2.70. The van der Waals surface area contributed by atoms with Gasteiger partial charge in [-0.25, -0.2) is 0 Å². The van der Waals surface area contributed by atoms with E-state index in [0.717, 1.165) is 27.8 Å². The minimum Gasteiger partial charge on any atom is -0.491 e. The molecule has 1 amide bonds. The second-order valence-corrected chi connectivity index (χ2v) is 6.90. The molecule has 0 saturated heterocycles. The van der Waals surface area contributed by atoms with Gasteiger partial charge in [0, 0.05) is 5.39 Å². The molecule has 0 spiro atoms. The molecular formula is C24H27NO3. The number of nitrogens with one attached hydrogen (secondary N) is 1. The van der Waals surface area contributed by atoms with E-state index in [4.69, 9.17) is 9.47 Å². The molecule has 146 valence electrons. The molecule has 3 aromatic carbocycles. The molecule has 1 N–H and O–H groups in total. The lowest BCUT2D eigenvalue weighted by atomic mass is 10.1. The van der Waals surface area contributed by atoms with Crippen LogP contribution in [0.5, 0.6) is 11.5 Å². The number of aryl methyl sites for hydroxylation is 2. The molecule has 0 radical (unpaired) electrons. The van der Waals surface area contributed by atoms with E-state index in [-0.39, 0.29) is 5.91 Å². The van der Waals surface area contributed by atoms with Crippen LogP contribution in [-0.4, -0.2) is 25.2 Å². The molecule has 0 aliphatic heterocycles. The van der Waals surface area contributed by atoms with Gasteiger partial charge in [0.1, 0.15) is 18.1 Å². The van der Waals surface area contributed by atoms with Crippen LogP contribution in [0.1, 0.15) is 24.5 Å². The highest BCUT2D eigenvalue weighted by molar-refractivity contribution is 5.89. The van der Waals surface area contributed by atoms with E-state index >= 15 is 0 Å². The molecular weight excluding hydrogens is 350 g/mol. The molecule has 4 heteroatoms. The fraction of sp³-hybridized carbons (Fsp3) is 0.292. The van der Waals surface area contributed by atoms with Gasteiger partial charge in [-0.15, -0.1) is 0 Å². The Morgan fingerprint density at radius 1 is 1.00 bits per heavy atom. The smallest absolute Gasteiger partial charge is 0.261 e. The number of rotatable bonds is 8. The lowest BCUT2D eigenvalue weighted by Crippen LogP contribution is -2.39. The first-order valence-electron chi connectivity index (χ1n) is 9.70. The summed E-state index contributed by atoms with van der Waals surface area (Å²) in [6.45, 7) is 6.87. The van der Waals surface area contributed by atoms with Crippen molar-refractivity contribution in [1.29, 1.82) is 0 Å². The Bertz CT molecular complexity index is 946. The van der Waals surface area contributed by atoms with Gasteiger partial charge in [0.2, 0.25) is 0 Å². The third kappa shape index (κ3) is 4.83. The van der Waals surface area contributed by atoms with E-state index in [1.54, 1.807) is 0 Å². The Labute approximate surface area is 166 Å². The maximum absolute atomic E-state index is 12.5. The van der Waals surface area contributed by atoms with Crippen LogP contribution in [0.3, 0.4) is 0 Å². The van der Waals surface area contributed by atoms with Crippen molar-refractivity contribution in [3.63, 3.8) is 0 Å². The summed E-state index contributed by atoms with van der Waals surface area (Å²) in [5, 5.41) is 5.02. The van der Waals surface area contributed by atoms with E-state index in [1.807, 2.05) is 68.4 Å². The van der Waals surface area contributed by atoms with Crippen LogP contribution < -0.4 is 14.8 Å². The second kappa shape index (κ2) is 9.27. The molecule has 0 aromatic heterocycles. The Balaban J connectivity index is 1.55. The second-order valence-electron chi connectivity index (χ2n) is 6.90. The monoisotopic (exact) mass is 377 g/mol. The minimum atomic E-state index is -0.535. The maximum Gasteiger partial charge on any atom is 0.261 e. The van der Waals surface area contributed by atoms with Crippen LogP contribution in [0.15, 0.2) is 60.7 Å². The van der Waals surface area contributed by atoms with E-state index in [1.165, 1.54) is 5.56 Å². The molecule has 0 saturated carbocycles. The van der Waals surface area contributed by atoms with Crippen molar-refractivity contribution in [3.05, 3.63) is 71.8 Å². The fourth-order valence-corrected chi connectivity index (χ4v) is 3.18. The van der Waals surface area contributed by atoms with E-state index in [9.17, 15) is 4.79 Å². The third-order valence-electron chi connectivity index (χ3n) is 4.67. The van der Waals surface area contributed by atoms with E-state index in [2.05, 4.69) is 18.3 Å². The first-order chi connectivity index (χ1) is 13.6. The molecule has 3 aromatic rings. The quantitative estimate of drug-likeness (QED) is 0.573. The number of carbonyl (C=O) groups excluding carboxylic acids is 1. The summed E-state index contributed by atoms with van der Waals surface area (Å²) in [6, 6.07) is 20.0. The zero-order valence-electron chi connectivity index (χ0n) is 16.7. The summed E-state index contributed by atoms with van der Waals surface area (Å²) in [6.07, 6.45) is 0.0550. The van der Waals surface area contributed by atoms with Crippen molar-refractivity contribution in [2.24, 2.45) is 0 Å². The topological polar surface area (TPSA) is 47.6 Å². The van der Waals surface area contributed by atoms with Crippen LogP contribution in [0.25, 0.3) is 10.8 Å². The van der Waals surface area contributed by atoms with Crippen LogP contribution in [-0.2, 0) is 4.79 Å². The minimum absolute atomic E-state index is 0.125. The van der Waals surface area contributed by atoms with Gasteiger partial charge in [0.15, 0.2) is 6.10 Å². The highest BCUT2D eigenvalue weighted by Crippen LogP contribution is 2.26. The summed E-state index contributed by atoms with van der Waals surface area (Å²) < 4.78 is 11.8. The molecule has 0 bridgehead atoms. The lowest BCUT2D eigenvalue weighted by Gasteiger charge is -2.19. The molecule has 0 aliphatic rings. The molecule has 4 nitrogen and oxygen atoms in total. The highest BCUT2D eigenvalue weighted by atomic mass is 16.5. The Hall–Kier alpha value is -3.01. The normalized spacial score (nSPS) is 11.8. The summed E-state index contributed by atoms with van der Waals surface area (Å²) in [4.78, 5) is 12.5. The van der Waals surface area contributed by atoms with Gasteiger partial charge in [-0.1, -0.05) is 61.0 Å². The predicted molar refractivity (Wildman–Crippen MR) is 113 cm³/mol. The van der Waals surface area contributed by atoms with Crippen LogP contribution in [0, 0.1) is 13.8 Å². The van der Waals surface area contributed by atoms with Crippen molar-refractivity contribution in [2.45, 2.75) is 33.3 Å². The van der Waals surface area contributed by atoms with Gasteiger partial charge in [-0.2, -0.15) is 0 Å². The van der Waals surface area contributed by atoms with Crippen molar-refractivity contribution in [2.75, 3.05) is 13.2 Å². The standard InChI is InChI=1S/C24H27NO3/c1-4-21(28-23-11-7-9-19-8-5-6-10-20(19)23)24(26)25-14-15-27-22-13-12-17(2)16-18(22)3/h5-13,16,21H,4,14-15H2,1-3H3,(H,25,26)/t21-/m0/s1.